The third-order valence-corrected chi connectivity index (χ3v) is 2.24. The number of hydrogen-bond acceptors (Lipinski definition) is 2. The Morgan fingerprint density at radius 1 is 1.17 bits per heavy atom. The van der Waals surface area contributed by atoms with Gasteiger partial charge >= 0.3 is 0 Å². The lowest BCUT2D eigenvalue weighted by molar-refractivity contribution is 0.102. The van der Waals surface area contributed by atoms with E-state index in [9.17, 15) is 18.4 Å². The zero-order valence-electron chi connectivity index (χ0n) is 9.04. The van der Waals surface area contributed by atoms with Gasteiger partial charge in [-0.25, -0.2) is 8.78 Å². The van der Waals surface area contributed by atoms with E-state index in [1.54, 1.807) is 0 Å². The first kappa shape index (κ1) is 12.0. The van der Waals surface area contributed by atoms with E-state index in [0.29, 0.717) is 0 Å². The molecule has 0 saturated heterocycles. The van der Waals surface area contributed by atoms with Crippen LogP contribution in [0.2, 0.25) is 0 Å². The van der Waals surface area contributed by atoms with Crippen molar-refractivity contribution in [1.29, 1.82) is 0 Å². The quantitative estimate of drug-likeness (QED) is 0.855. The third kappa shape index (κ3) is 2.42. The van der Waals surface area contributed by atoms with E-state index in [0.717, 1.165) is 18.2 Å². The van der Waals surface area contributed by atoms with Crippen LogP contribution in [0.3, 0.4) is 0 Å². The van der Waals surface area contributed by atoms with Crippen LogP contribution in [-0.4, -0.2) is 10.9 Å². The van der Waals surface area contributed by atoms with Crippen LogP contribution in [0, 0.1) is 11.6 Å². The number of nitrogens with one attached hydrogen (secondary N) is 2. The van der Waals surface area contributed by atoms with Crippen molar-refractivity contribution >= 4 is 11.6 Å². The summed E-state index contributed by atoms with van der Waals surface area (Å²) in [6, 6.07) is 5.60. The van der Waals surface area contributed by atoms with Crippen molar-refractivity contribution in [2.75, 3.05) is 5.32 Å². The highest BCUT2D eigenvalue weighted by Gasteiger charge is 2.13. The number of halogens is 2. The molecule has 0 saturated carbocycles. The molecule has 0 atom stereocenters. The van der Waals surface area contributed by atoms with Crippen molar-refractivity contribution < 1.29 is 13.6 Å². The van der Waals surface area contributed by atoms with Crippen molar-refractivity contribution in [3.05, 3.63) is 64.1 Å². The summed E-state index contributed by atoms with van der Waals surface area (Å²) in [5.74, 6) is -2.52. The third-order valence-electron chi connectivity index (χ3n) is 2.24. The Morgan fingerprint density at radius 2 is 1.83 bits per heavy atom. The largest absolute Gasteiger partial charge is 0.329 e. The van der Waals surface area contributed by atoms with Crippen LogP contribution in [0.1, 0.15) is 10.4 Å². The summed E-state index contributed by atoms with van der Waals surface area (Å²) in [6.45, 7) is 0. The monoisotopic (exact) mass is 250 g/mol. The highest BCUT2D eigenvalue weighted by atomic mass is 19.1. The number of benzene rings is 1. The fourth-order valence-corrected chi connectivity index (χ4v) is 1.39. The molecule has 2 N–H and O–H groups in total. The maximum Gasteiger partial charge on any atom is 0.256 e. The number of aromatic amines is 1. The molecule has 0 aliphatic heterocycles. The summed E-state index contributed by atoms with van der Waals surface area (Å²) in [5.41, 5.74) is -0.999. The topological polar surface area (TPSA) is 62.0 Å². The number of pyridine rings is 1. The van der Waals surface area contributed by atoms with E-state index in [4.69, 9.17) is 0 Å². The molecule has 2 aromatic rings. The van der Waals surface area contributed by atoms with Gasteiger partial charge < -0.3 is 10.3 Å². The summed E-state index contributed by atoms with van der Waals surface area (Å²) in [7, 11) is 0. The molecular formula is C12H8F2N2O2. The van der Waals surface area contributed by atoms with Crippen LogP contribution in [0.15, 0.2) is 41.3 Å². The first-order valence-corrected chi connectivity index (χ1v) is 5.02. The smallest absolute Gasteiger partial charge is 0.256 e. The molecule has 92 valence electrons. The number of para-hydroxylation sites is 1. The van der Waals surface area contributed by atoms with Crippen molar-refractivity contribution in [1.82, 2.24) is 4.98 Å². The molecule has 4 nitrogen and oxygen atoms in total. The van der Waals surface area contributed by atoms with Gasteiger partial charge in [0.25, 0.3) is 5.91 Å². The van der Waals surface area contributed by atoms with Crippen LogP contribution in [-0.2, 0) is 0 Å². The Labute approximate surface area is 100 Å². The summed E-state index contributed by atoms with van der Waals surface area (Å²) >= 11 is 0. The predicted octanol–water partition coefficient (Wildman–Crippen LogP) is 1.91. The van der Waals surface area contributed by atoms with Crippen molar-refractivity contribution in [2.24, 2.45) is 0 Å². The van der Waals surface area contributed by atoms with Crippen LogP contribution in [0.4, 0.5) is 14.5 Å². The predicted molar refractivity (Wildman–Crippen MR) is 61.4 cm³/mol. The fraction of sp³-hybridized carbons (Fsp3) is 0. The molecule has 0 spiro atoms. The molecule has 1 aromatic heterocycles. The summed E-state index contributed by atoms with van der Waals surface area (Å²) < 4.78 is 26.6. The minimum Gasteiger partial charge on any atom is -0.329 e. The molecule has 0 fully saturated rings. The SMILES string of the molecule is O=C(Nc1c(F)cccc1F)c1cc[nH]c(=O)c1. The average molecular weight is 250 g/mol. The Bertz CT molecular complexity index is 632. The lowest BCUT2D eigenvalue weighted by Gasteiger charge is -2.06. The van der Waals surface area contributed by atoms with Gasteiger partial charge in [0.15, 0.2) is 0 Å². The Morgan fingerprint density at radius 3 is 2.44 bits per heavy atom. The molecule has 0 unspecified atom stereocenters. The lowest BCUT2D eigenvalue weighted by atomic mass is 10.2. The van der Waals surface area contributed by atoms with Crippen molar-refractivity contribution in [3.8, 4) is 0 Å². The van der Waals surface area contributed by atoms with E-state index in [1.807, 2.05) is 0 Å². The van der Waals surface area contributed by atoms with Gasteiger partial charge in [0.1, 0.15) is 17.3 Å². The lowest BCUT2D eigenvalue weighted by Crippen LogP contribution is -2.17. The van der Waals surface area contributed by atoms with Gasteiger partial charge in [-0.1, -0.05) is 6.07 Å². The van der Waals surface area contributed by atoms with Crippen LogP contribution < -0.4 is 10.9 Å². The molecule has 1 heterocycles. The van der Waals surface area contributed by atoms with Gasteiger partial charge in [-0.05, 0) is 18.2 Å². The van der Waals surface area contributed by atoms with E-state index in [-0.39, 0.29) is 5.56 Å². The maximum atomic E-state index is 13.3. The highest BCUT2D eigenvalue weighted by Crippen LogP contribution is 2.18. The summed E-state index contributed by atoms with van der Waals surface area (Å²) in [6.07, 6.45) is 1.27. The number of H-pyrrole nitrogens is 1. The van der Waals surface area contributed by atoms with Gasteiger partial charge in [0.2, 0.25) is 5.56 Å². The number of carbonyl (C=O) groups is 1. The number of aromatic nitrogens is 1. The molecule has 0 radical (unpaired) electrons. The van der Waals surface area contributed by atoms with E-state index < -0.39 is 28.8 Å². The van der Waals surface area contributed by atoms with Crippen LogP contribution >= 0.6 is 0 Å². The molecule has 1 amide bonds. The van der Waals surface area contributed by atoms with E-state index in [1.165, 1.54) is 18.3 Å². The van der Waals surface area contributed by atoms with Gasteiger partial charge in [0.05, 0.1) is 0 Å². The molecule has 0 bridgehead atoms. The summed E-state index contributed by atoms with van der Waals surface area (Å²) in [5, 5.41) is 2.08. The number of hydrogen-bond donors (Lipinski definition) is 2. The first-order valence-electron chi connectivity index (χ1n) is 5.02. The Hall–Kier alpha value is -2.50. The van der Waals surface area contributed by atoms with Gasteiger partial charge in [-0.2, -0.15) is 0 Å². The Kier molecular flexibility index (Phi) is 3.18. The molecule has 2 rings (SSSR count). The number of carbonyl (C=O) groups excluding carboxylic acids is 1. The molecule has 0 aliphatic rings. The van der Waals surface area contributed by atoms with Crippen molar-refractivity contribution in [3.63, 3.8) is 0 Å². The van der Waals surface area contributed by atoms with Crippen LogP contribution in [0.5, 0.6) is 0 Å². The van der Waals surface area contributed by atoms with Crippen molar-refractivity contribution in [2.45, 2.75) is 0 Å². The number of rotatable bonds is 2. The number of amides is 1. The van der Waals surface area contributed by atoms with E-state index >= 15 is 0 Å². The maximum absolute atomic E-state index is 13.3. The molecule has 1 aromatic carbocycles. The van der Waals surface area contributed by atoms with Gasteiger partial charge in [-0.3, -0.25) is 9.59 Å². The second kappa shape index (κ2) is 4.79. The fourth-order valence-electron chi connectivity index (χ4n) is 1.39. The van der Waals surface area contributed by atoms with Crippen LogP contribution in [0.25, 0.3) is 0 Å². The summed E-state index contributed by atoms with van der Waals surface area (Å²) in [4.78, 5) is 25.0. The Balaban J connectivity index is 2.30. The van der Waals surface area contributed by atoms with E-state index in [2.05, 4.69) is 10.3 Å². The number of anilines is 1. The molecule has 6 heteroatoms. The van der Waals surface area contributed by atoms with Gasteiger partial charge in [0, 0.05) is 17.8 Å². The zero-order chi connectivity index (χ0) is 13.1. The second-order valence-corrected chi connectivity index (χ2v) is 3.49. The zero-order valence-corrected chi connectivity index (χ0v) is 9.04. The minimum atomic E-state index is -0.881. The normalized spacial score (nSPS) is 10.1. The molecular weight excluding hydrogens is 242 g/mol. The average Bonchev–Trinajstić information content (AvgIpc) is 2.34. The standard InChI is InChI=1S/C12H8F2N2O2/c13-8-2-1-3-9(14)11(8)16-12(18)7-4-5-15-10(17)6-7/h1-6H,(H,15,17)(H,16,18). The minimum absolute atomic E-state index is 0.0152. The molecule has 0 aliphatic carbocycles. The molecule has 18 heavy (non-hydrogen) atoms. The van der Waals surface area contributed by atoms with Gasteiger partial charge in [-0.15, -0.1) is 0 Å². The highest BCUT2D eigenvalue weighted by molar-refractivity contribution is 6.04. The first-order chi connectivity index (χ1) is 8.58. The second-order valence-electron chi connectivity index (χ2n) is 3.49.